The second-order valence-electron chi connectivity index (χ2n) is 7.08. The molecule has 13 heteroatoms. The summed E-state index contributed by atoms with van der Waals surface area (Å²) in [5.41, 5.74) is 3.36. The van der Waals surface area contributed by atoms with Gasteiger partial charge in [0.1, 0.15) is 17.1 Å². The highest BCUT2D eigenvalue weighted by Gasteiger charge is 2.22. The van der Waals surface area contributed by atoms with Crippen LogP contribution in [0.5, 0.6) is 0 Å². The van der Waals surface area contributed by atoms with Gasteiger partial charge in [-0.05, 0) is 31.3 Å². The molecular formula is C19H33N4O7S2-. The van der Waals surface area contributed by atoms with Crippen molar-refractivity contribution in [1.29, 1.82) is 0 Å². The Bertz CT molecular complexity index is 635. The number of hydrogen-bond acceptors (Lipinski definition) is 10. The van der Waals surface area contributed by atoms with Gasteiger partial charge in [-0.2, -0.15) is 11.8 Å². The molecule has 0 aliphatic carbocycles. The first-order valence-corrected chi connectivity index (χ1v) is 12.7. The molecule has 11 nitrogen and oxygen atoms in total. The van der Waals surface area contributed by atoms with Gasteiger partial charge >= 0.3 is 0 Å². The molecule has 2 amide bonds. The van der Waals surface area contributed by atoms with Crippen LogP contribution in [0.25, 0.3) is 0 Å². The zero-order valence-electron chi connectivity index (χ0n) is 18.3. The largest absolute Gasteiger partial charge is 0.548 e. The highest BCUT2D eigenvalue weighted by Crippen LogP contribution is 2.15. The Morgan fingerprint density at radius 1 is 1.06 bits per heavy atom. The predicted molar refractivity (Wildman–Crippen MR) is 119 cm³/mol. The van der Waals surface area contributed by atoms with E-state index >= 15 is 0 Å². The van der Waals surface area contributed by atoms with E-state index in [0.29, 0.717) is 11.5 Å². The third-order valence-corrected chi connectivity index (χ3v) is 6.20. The number of quaternary nitrogens is 1. The molecular weight excluding hydrogens is 460 g/mol. The third-order valence-electron chi connectivity index (χ3n) is 4.38. The van der Waals surface area contributed by atoms with Gasteiger partial charge < -0.3 is 41.4 Å². The summed E-state index contributed by atoms with van der Waals surface area (Å²) in [7, 11) is 0. The number of carbonyl (C=O) groups excluding carboxylic acids is 4. The lowest BCUT2D eigenvalue weighted by Crippen LogP contribution is -2.68. The molecule has 0 aliphatic heterocycles. The van der Waals surface area contributed by atoms with Crippen LogP contribution in [0, 0.1) is 0 Å². The minimum Gasteiger partial charge on any atom is -0.548 e. The van der Waals surface area contributed by atoms with E-state index < -0.39 is 42.4 Å². The second kappa shape index (κ2) is 18.6. The Labute approximate surface area is 196 Å². The van der Waals surface area contributed by atoms with E-state index in [2.05, 4.69) is 27.8 Å². The van der Waals surface area contributed by atoms with Crippen molar-refractivity contribution >= 4 is 52.3 Å². The van der Waals surface area contributed by atoms with Crippen LogP contribution in [0.2, 0.25) is 0 Å². The van der Waals surface area contributed by atoms with Crippen LogP contribution in [0.15, 0.2) is 5.16 Å². The lowest BCUT2D eigenvalue weighted by Gasteiger charge is -2.19. The van der Waals surface area contributed by atoms with Gasteiger partial charge in [-0.3, -0.25) is 9.59 Å². The lowest BCUT2D eigenvalue weighted by molar-refractivity contribution is -0.438. The number of amides is 2. The molecule has 0 aromatic carbocycles. The average molecular weight is 494 g/mol. The smallest absolute Gasteiger partial charge is 0.243 e. The van der Waals surface area contributed by atoms with Crippen molar-refractivity contribution in [1.82, 2.24) is 10.6 Å². The molecule has 0 saturated carbocycles. The Kier molecular flexibility index (Phi) is 17.4. The molecule has 0 spiro atoms. The molecule has 0 aromatic rings. The van der Waals surface area contributed by atoms with E-state index in [0.717, 1.165) is 49.6 Å². The number of nitrogens with zero attached hydrogens (tertiary/aromatic N) is 1. The van der Waals surface area contributed by atoms with Crippen molar-refractivity contribution in [2.75, 3.05) is 24.3 Å². The normalized spacial score (nSPS) is 13.2. The van der Waals surface area contributed by atoms with Gasteiger partial charge in [-0.1, -0.05) is 24.4 Å². The number of thioether (sulfide) groups is 2. The number of carboxylic acid groups (broad SMARTS) is 2. The molecule has 0 saturated heterocycles. The first-order valence-electron chi connectivity index (χ1n) is 10.3. The molecule has 184 valence electrons. The van der Waals surface area contributed by atoms with E-state index in [1.165, 1.54) is 0 Å². The van der Waals surface area contributed by atoms with Crippen molar-refractivity contribution < 1.29 is 40.3 Å². The fourth-order valence-electron chi connectivity index (χ4n) is 2.54. The fraction of sp³-hybridized carbons (Fsp3) is 0.737. The Morgan fingerprint density at radius 3 is 2.31 bits per heavy atom. The minimum atomic E-state index is -1.49. The molecule has 0 fully saturated rings. The van der Waals surface area contributed by atoms with Gasteiger partial charge in [0, 0.05) is 18.6 Å². The SMILES string of the molecule is CSCCCCCCC/C(=N\O)SC[C@H](NC(=O)CC[C@H]([NH3+])C(=O)[O-])C(=O)NCC(=O)[O-]. The van der Waals surface area contributed by atoms with Gasteiger partial charge in [-0.15, -0.1) is 11.8 Å². The monoisotopic (exact) mass is 493 g/mol. The van der Waals surface area contributed by atoms with Crippen molar-refractivity contribution in [2.45, 2.75) is 63.5 Å². The summed E-state index contributed by atoms with van der Waals surface area (Å²) in [6.07, 6.45) is 7.48. The second-order valence-corrected chi connectivity index (χ2v) is 9.16. The Morgan fingerprint density at radius 2 is 1.72 bits per heavy atom. The predicted octanol–water partition coefficient (Wildman–Crippen LogP) is -2.30. The molecule has 0 unspecified atom stereocenters. The van der Waals surface area contributed by atoms with Crippen LogP contribution in [0.4, 0.5) is 0 Å². The van der Waals surface area contributed by atoms with Gasteiger partial charge in [0.25, 0.3) is 0 Å². The van der Waals surface area contributed by atoms with Crippen LogP contribution in [0.3, 0.4) is 0 Å². The molecule has 0 bridgehead atoms. The number of rotatable bonds is 18. The van der Waals surface area contributed by atoms with E-state index in [-0.39, 0.29) is 18.6 Å². The molecule has 0 aromatic heterocycles. The Hall–Kier alpha value is -1.99. The number of aliphatic carboxylic acids is 2. The fourth-order valence-corrected chi connectivity index (χ4v) is 3.97. The summed E-state index contributed by atoms with van der Waals surface area (Å²) in [6, 6.07) is -2.18. The minimum absolute atomic E-state index is 0.00598. The van der Waals surface area contributed by atoms with Gasteiger partial charge in [0.15, 0.2) is 0 Å². The van der Waals surface area contributed by atoms with E-state index in [1.807, 2.05) is 11.8 Å². The van der Waals surface area contributed by atoms with Crippen molar-refractivity contribution in [3.63, 3.8) is 0 Å². The summed E-state index contributed by atoms with van der Waals surface area (Å²) in [6.45, 7) is -0.723. The van der Waals surface area contributed by atoms with E-state index in [1.54, 1.807) is 0 Å². The average Bonchev–Trinajstić information content (AvgIpc) is 2.75. The van der Waals surface area contributed by atoms with Crippen molar-refractivity contribution in [2.24, 2.45) is 5.16 Å². The highest BCUT2D eigenvalue weighted by atomic mass is 32.2. The number of oxime groups is 1. The summed E-state index contributed by atoms with van der Waals surface area (Å²) >= 11 is 2.89. The third kappa shape index (κ3) is 15.8. The standard InChI is InChI=1S/C19H34N4O7S2/c1-31-10-6-4-2-3-5-7-16(23-30)32-12-14(18(27)21-11-17(25)26)22-15(24)9-8-13(20)19(28)29/h13-14,30H,2-12,20H2,1H3,(H,21,27)(H,22,24)(H,25,26)(H,28,29)/p-1/b23-16+/t13-,14-/m0/s1. The number of nitrogens with one attached hydrogen (secondary N) is 2. The van der Waals surface area contributed by atoms with Crippen LogP contribution >= 0.6 is 23.5 Å². The lowest BCUT2D eigenvalue weighted by atomic mass is 10.1. The first-order chi connectivity index (χ1) is 15.2. The van der Waals surface area contributed by atoms with Crippen LogP contribution in [-0.2, 0) is 19.2 Å². The quantitative estimate of drug-likeness (QED) is 0.0533. The molecule has 6 N–H and O–H groups in total. The summed E-state index contributed by atoms with van der Waals surface area (Å²) in [5, 5.41) is 38.8. The molecule has 0 aliphatic rings. The topological polar surface area (TPSA) is 199 Å². The molecule has 0 rings (SSSR count). The summed E-state index contributed by atoms with van der Waals surface area (Å²) in [5.74, 6) is -3.07. The summed E-state index contributed by atoms with van der Waals surface area (Å²) < 4.78 is 0. The number of hydrogen-bond donors (Lipinski definition) is 4. The highest BCUT2D eigenvalue weighted by molar-refractivity contribution is 8.14. The van der Waals surface area contributed by atoms with E-state index in [4.69, 9.17) is 0 Å². The van der Waals surface area contributed by atoms with Crippen LogP contribution < -0.4 is 26.6 Å². The van der Waals surface area contributed by atoms with Crippen molar-refractivity contribution in [3.8, 4) is 0 Å². The molecule has 0 heterocycles. The van der Waals surface area contributed by atoms with Crippen molar-refractivity contribution in [3.05, 3.63) is 0 Å². The van der Waals surface area contributed by atoms with Crippen LogP contribution in [-0.4, -0.2) is 70.4 Å². The number of carboxylic acids is 2. The van der Waals surface area contributed by atoms with Crippen LogP contribution in [0.1, 0.15) is 51.4 Å². The zero-order chi connectivity index (χ0) is 24.4. The zero-order valence-corrected chi connectivity index (χ0v) is 19.9. The molecule has 0 radical (unpaired) electrons. The van der Waals surface area contributed by atoms with Gasteiger partial charge in [0.2, 0.25) is 11.8 Å². The van der Waals surface area contributed by atoms with Gasteiger partial charge in [0.05, 0.1) is 18.5 Å². The molecule has 2 atom stereocenters. The number of unbranched alkanes of at least 4 members (excludes halogenated alkanes) is 4. The Balaban J connectivity index is 4.65. The maximum atomic E-state index is 12.3. The first kappa shape index (κ1) is 30.0. The maximum absolute atomic E-state index is 12.3. The summed E-state index contributed by atoms with van der Waals surface area (Å²) in [4.78, 5) is 45.7. The molecule has 32 heavy (non-hydrogen) atoms. The number of carbonyl (C=O) groups is 4. The van der Waals surface area contributed by atoms with E-state index in [9.17, 15) is 34.6 Å². The maximum Gasteiger partial charge on any atom is 0.243 e. The van der Waals surface area contributed by atoms with Gasteiger partial charge in [-0.25, -0.2) is 0 Å².